The van der Waals surface area contributed by atoms with E-state index in [1.807, 2.05) is 30.3 Å². The summed E-state index contributed by atoms with van der Waals surface area (Å²) >= 11 is 12.1. The monoisotopic (exact) mass is 417 g/mol. The number of amides is 1. The summed E-state index contributed by atoms with van der Waals surface area (Å²) in [7, 11) is 0. The van der Waals surface area contributed by atoms with Gasteiger partial charge in [0.2, 0.25) is 5.91 Å². The molecule has 0 spiro atoms. The molecule has 2 N–H and O–H groups in total. The van der Waals surface area contributed by atoms with Crippen LogP contribution in [0, 0.1) is 0 Å². The van der Waals surface area contributed by atoms with Gasteiger partial charge in [0.25, 0.3) is 0 Å². The van der Waals surface area contributed by atoms with Crippen molar-refractivity contribution in [2.75, 3.05) is 18.4 Å². The Morgan fingerprint density at radius 2 is 1.89 bits per heavy atom. The van der Waals surface area contributed by atoms with Gasteiger partial charge in [0.1, 0.15) is 0 Å². The maximum absolute atomic E-state index is 12.0. The Hall–Kier alpha value is -2.50. The molecule has 0 saturated carbocycles. The molecular formula is C21H21Cl2N3O2. The number of nitrogens with zero attached hydrogens (tertiary/aromatic N) is 1. The summed E-state index contributed by atoms with van der Waals surface area (Å²) in [5.41, 5.74) is 1.80. The third kappa shape index (κ3) is 6.01. The number of aromatic nitrogens is 1. The fourth-order valence-electron chi connectivity index (χ4n) is 2.65. The van der Waals surface area contributed by atoms with E-state index in [2.05, 4.69) is 15.6 Å². The normalized spacial score (nSPS) is 10.6. The zero-order valence-electron chi connectivity index (χ0n) is 15.3. The number of anilines is 1. The van der Waals surface area contributed by atoms with Crippen LogP contribution < -0.4 is 10.6 Å². The number of para-hydroxylation sites is 1. The lowest BCUT2D eigenvalue weighted by Gasteiger charge is -2.07. The Labute approximate surface area is 174 Å². The minimum absolute atomic E-state index is 0.0241. The first kappa shape index (κ1) is 20.2. The highest BCUT2D eigenvalue weighted by molar-refractivity contribution is 6.36. The fourth-order valence-corrected chi connectivity index (χ4v) is 3.16. The number of halogens is 2. The minimum atomic E-state index is -0.0241. The first-order valence-corrected chi connectivity index (χ1v) is 9.83. The SMILES string of the molecule is O=C(CCc1ncc(-c2ccc(Cl)cc2Cl)o1)NCCCNc1ccccc1. The quantitative estimate of drug-likeness (QED) is 0.469. The molecule has 0 aliphatic rings. The number of hydrogen-bond acceptors (Lipinski definition) is 4. The number of carbonyl (C=O) groups excluding carboxylic acids is 1. The molecule has 5 nitrogen and oxygen atoms in total. The Kier molecular flexibility index (Phi) is 7.34. The van der Waals surface area contributed by atoms with Crippen molar-refractivity contribution in [3.05, 3.63) is 70.7 Å². The van der Waals surface area contributed by atoms with Gasteiger partial charge in [0.15, 0.2) is 11.7 Å². The first-order valence-electron chi connectivity index (χ1n) is 9.07. The Balaban J connectivity index is 1.37. The van der Waals surface area contributed by atoms with Crippen molar-refractivity contribution in [1.82, 2.24) is 10.3 Å². The molecule has 2 aromatic carbocycles. The molecule has 7 heteroatoms. The topological polar surface area (TPSA) is 67.2 Å². The van der Waals surface area contributed by atoms with Crippen LogP contribution in [0.4, 0.5) is 5.69 Å². The number of rotatable bonds is 9. The predicted molar refractivity (Wildman–Crippen MR) is 113 cm³/mol. The standard InChI is InChI=1S/C21H21Cl2N3O2/c22-15-7-8-17(18(23)13-15)19-14-26-21(28-19)10-9-20(27)25-12-4-11-24-16-5-2-1-3-6-16/h1-3,5-8,13-14,24H,4,9-12H2,(H,25,27). The van der Waals surface area contributed by atoms with Crippen molar-refractivity contribution in [2.24, 2.45) is 0 Å². The van der Waals surface area contributed by atoms with Crippen molar-refractivity contribution in [2.45, 2.75) is 19.3 Å². The molecule has 3 rings (SSSR count). The molecule has 0 saturated heterocycles. The highest BCUT2D eigenvalue weighted by Gasteiger charge is 2.11. The molecule has 1 heterocycles. The Bertz CT molecular complexity index is 913. The van der Waals surface area contributed by atoms with Gasteiger partial charge in [-0.1, -0.05) is 41.4 Å². The van der Waals surface area contributed by atoms with Crippen LogP contribution in [-0.4, -0.2) is 24.0 Å². The summed E-state index contributed by atoms with van der Waals surface area (Å²) in [4.78, 5) is 16.2. The predicted octanol–water partition coefficient (Wildman–Crippen LogP) is 5.20. The van der Waals surface area contributed by atoms with Gasteiger partial charge in [0.05, 0.1) is 11.2 Å². The summed E-state index contributed by atoms with van der Waals surface area (Å²) < 4.78 is 5.70. The average molecular weight is 418 g/mol. The third-order valence-corrected chi connectivity index (χ3v) is 4.64. The number of oxazole rings is 1. The number of carbonyl (C=O) groups is 1. The average Bonchev–Trinajstić information content (AvgIpc) is 3.15. The van der Waals surface area contributed by atoms with E-state index < -0.39 is 0 Å². The van der Waals surface area contributed by atoms with Crippen molar-refractivity contribution < 1.29 is 9.21 Å². The summed E-state index contributed by atoms with van der Waals surface area (Å²) in [6, 6.07) is 15.2. The summed E-state index contributed by atoms with van der Waals surface area (Å²) in [6.07, 6.45) is 3.20. The van der Waals surface area contributed by atoms with Gasteiger partial charge in [-0.25, -0.2) is 4.98 Å². The number of nitrogens with one attached hydrogen (secondary N) is 2. The molecule has 146 valence electrons. The Morgan fingerprint density at radius 3 is 2.68 bits per heavy atom. The lowest BCUT2D eigenvalue weighted by atomic mass is 10.2. The highest BCUT2D eigenvalue weighted by atomic mass is 35.5. The molecule has 0 atom stereocenters. The van der Waals surface area contributed by atoms with E-state index in [-0.39, 0.29) is 5.91 Å². The zero-order chi connectivity index (χ0) is 19.8. The number of benzene rings is 2. The molecule has 3 aromatic rings. The number of hydrogen-bond donors (Lipinski definition) is 2. The van der Waals surface area contributed by atoms with Crippen molar-refractivity contribution in [1.29, 1.82) is 0 Å². The van der Waals surface area contributed by atoms with E-state index in [0.717, 1.165) is 24.2 Å². The van der Waals surface area contributed by atoms with E-state index in [9.17, 15) is 4.79 Å². The molecular weight excluding hydrogens is 397 g/mol. The number of aryl methyl sites for hydroxylation is 1. The molecule has 0 radical (unpaired) electrons. The molecule has 0 fully saturated rings. The van der Waals surface area contributed by atoms with Gasteiger partial charge in [-0.15, -0.1) is 0 Å². The van der Waals surface area contributed by atoms with Crippen molar-refractivity contribution >= 4 is 34.8 Å². The Morgan fingerprint density at radius 1 is 1.07 bits per heavy atom. The van der Waals surface area contributed by atoms with Gasteiger partial charge in [-0.2, -0.15) is 0 Å². The van der Waals surface area contributed by atoms with Crippen molar-refractivity contribution in [3.8, 4) is 11.3 Å². The molecule has 28 heavy (non-hydrogen) atoms. The third-order valence-electron chi connectivity index (χ3n) is 4.09. The summed E-state index contributed by atoms with van der Waals surface area (Å²) in [5.74, 6) is 1.04. The van der Waals surface area contributed by atoms with E-state index in [1.54, 1.807) is 24.4 Å². The highest BCUT2D eigenvalue weighted by Crippen LogP contribution is 2.30. The van der Waals surface area contributed by atoms with Crippen LogP contribution in [0.5, 0.6) is 0 Å². The molecule has 0 bridgehead atoms. The second-order valence-corrected chi connectivity index (χ2v) is 7.08. The van der Waals surface area contributed by atoms with Gasteiger partial charge < -0.3 is 15.1 Å². The van der Waals surface area contributed by atoms with Gasteiger partial charge in [0, 0.05) is 42.2 Å². The maximum Gasteiger partial charge on any atom is 0.220 e. The smallest absolute Gasteiger partial charge is 0.220 e. The van der Waals surface area contributed by atoms with E-state index in [0.29, 0.717) is 41.1 Å². The second kappa shape index (κ2) is 10.2. The molecule has 1 amide bonds. The molecule has 0 aliphatic heterocycles. The van der Waals surface area contributed by atoms with Crippen LogP contribution >= 0.6 is 23.2 Å². The summed E-state index contributed by atoms with van der Waals surface area (Å²) in [6.45, 7) is 1.42. The van der Waals surface area contributed by atoms with Crippen LogP contribution in [-0.2, 0) is 11.2 Å². The van der Waals surface area contributed by atoms with Crippen LogP contribution in [0.25, 0.3) is 11.3 Å². The lowest BCUT2D eigenvalue weighted by molar-refractivity contribution is -0.121. The molecule has 0 unspecified atom stereocenters. The van der Waals surface area contributed by atoms with Gasteiger partial charge in [-0.3, -0.25) is 4.79 Å². The summed E-state index contributed by atoms with van der Waals surface area (Å²) in [5, 5.41) is 7.27. The van der Waals surface area contributed by atoms with E-state index >= 15 is 0 Å². The van der Waals surface area contributed by atoms with Crippen LogP contribution in [0.15, 0.2) is 59.1 Å². The maximum atomic E-state index is 12.0. The van der Waals surface area contributed by atoms with Crippen LogP contribution in [0.1, 0.15) is 18.7 Å². The van der Waals surface area contributed by atoms with Crippen LogP contribution in [0.3, 0.4) is 0 Å². The minimum Gasteiger partial charge on any atom is -0.441 e. The van der Waals surface area contributed by atoms with E-state index in [4.69, 9.17) is 27.6 Å². The van der Waals surface area contributed by atoms with Crippen molar-refractivity contribution in [3.63, 3.8) is 0 Å². The van der Waals surface area contributed by atoms with E-state index in [1.165, 1.54) is 0 Å². The largest absolute Gasteiger partial charge is 0.441 e. The first-order chi connectivity index (χ1) is 13.6. The fraction of sp³-hybridized carbons (Fsp3) is 0.238. The zero-order valence-corrected chi connectivity index (χ0v) is 16.8. The van der Waals surface area contributed by atoms with Gasteiger partial charge >= 0.3 is 0 Å². The van der Waals surface area contributed by atoms with Gasteiger partial charge in [-0.05, 0) is 36.8 Å². The second-order valence-electron chi connectivity index (χ2n) is 6.24. The lowest BCUT2D eigenvalue weighted by Crippen LogP contribution is -2.26. The molecule has 0 aliphatic carbocycles. The molecule has 1 aromatic heterocycles. The van der Waals surface area contributed by atoms with Crippen LogP contribution in [0.2, 0.25) is 10.0 Å².